The maximum absolute atomic E-state index is 10.5. The van der Waals surface area contributed by atoms with Crippen LogP contribution < -0.4 is 4.72 Å². The SMILES string of the molecule is O=[SH](=O)NCCCc1ncnc(Cl)c1-c1ccc(Br)cc1. The topological polar surface area (TPSA) is 72.0 Å². The van der Waals surface area contributed by atoms with Crippen molar-refractivity contribution in [2.45, 2.75) is 12.8 Å². The van der Waals surface area contributed by atoms with Crippen molar-refractivity contribution < 1.29 is 8.42 Å². The van der Waals surface area contributed by atoms with Gasteiger partial charge in [-0.1, -0.05) is 39.7 Å². The second-order valence-corrected chi connectivity index (χ2v) is 6.37. The number of hydrogen-bond acceptors (Lipinski definition) is 4. The maximum Gasteiger partial charge on any atom is 0.201 e. The van der Waals surface area contributed by atoms with Crippen LogP contribution in [0.4, 0.5) is 0 Å². The number of nitrogens with zero attached hydrogens (tertiary/aromatic N) is 2. The van der Waals surface area contributed by atoms with E-state index in [1.54, 1.807) is 0 Å². The monoisotopic (exact) mass is 389 g/mol. The number of thiol groups is 1. The summed E-state index contributed by atoms with van der Waals surface area (Å²) in [5.74, 6) is 0. The lowest BCUT2D eigenvalue weighted by Gasteiger charge is -2.10. The van der Waals surface area contributed by atoms with Gasteiger partial charge in [0.15, 0.2) is 0 Å². The van der Waals surface area contributed by atoms with E-state index in [0.717, 1.165) is 21.3 Å². The van der Waals surface area contributed by atoms with Gasteiger partial charge in [-0.2, -0.15) is 0 Å². The molecule has 0 spiro atoms. The first-order chi connectivity index (χ1) is 10.1. The van der Waals surface area contributed by atoms with Crippen molar-refractivity contribution in [1.29, 1.82) is 0 Å². The molecular weight excluding hydrogens is 378 g/mol. The molecule has 5 nitrogen and oxygen atoms in total. The first kappa shape index (κ1) is 16.4. The minimum Gasteiger partial charge on any atom is -0.241 e. The molecule has 0 aliphatic heterocycles. The Morgan fingerprint density at radius 2 is 1.90 bits per heavy atom. The second-order valence-electron chi connectivity index (χ2n) is 4.26. The molecule has 0 saturated heterocycles. The van der Waals surface area contributed by atoms with Crippen molar-refractivity contribution >= 4 is 38.4 Å². The molecule has 1 N–H and O–H groups in total. The minimum absolute atomic E-state index is 0.375. The van der Waals surface area contributed by atoms with E-state index in [9.17, 15) is 8.42 Å². The predicted octanol–water partition coefficient (Wildman–Crippen LogP) is 2.61. The summed E-state index contributed by atoms with van der Waals surface area (Å²) in [6, 6.07) is 7.72. The Morgan fingerprint density at radius 1 is 1.19 bits per heavy atom. The van der Waals surface area contributed by atoms with Gasteiger partial charge in [0.2, 0.25) is 10.9 Å². The molecule has 2 aromatic rings. The van der Waals surface area contributed by atoms with Gasteiger partial charge in [0.25, 0.3) is 0 Å². The molecule has 1 heterocycles. The van der Waals surface area contributed by atoms with Gasteiger partial charge in [0, 0.05) is 16.6 Å². The number of halogens is 2. The smallest absolute Gasteiger partial charge is 0.201 e. The molecule has 1 aromatic heterocycles. The van der Waals surface area contributed by atoms with E-state index in [4.69, 9.17) is 11.6 Å². The molecule has 1 aromatic carbocycles. The highest BCUT2D eigenvalue weighted by Gasteiger charge is 2.12. The fourth-order valence-electron chi connectivity index (χ4n) is 1.92. The van der Waals surface area contributed by atoms with Gasteiger partial charge in [-0.3, -0.25) is 0 Å². The van der Waals surface area contributed by atoms with Gasteiger partial charge in [0.1, 0.15) is 11.5 Å². The van der Waals surface area contributed by atoms with E-state index in [2.05, 4.69) is 30.6 Å². The van der Waals surface area contributed by atoms with Crippen molar-refractivity contribution in [3.8, 4) is 11.1 Å². The molecule has 2 rings (SSSR count). The summed E-state index contributed by atoms with van der Waals surface area (Å²) in [5, 5.41) is 0.394. The third-order valence-corrected chi connectivity index (χ3v) is 4.14. The van der Waals surface area contributed by atoms with Crippen LogP contribution in [-0.4, -0.2) is 24.9 Å². The fourth-order valence-corrected chi connectivity index (χ4v) is 2.78. The summed E-state index contributed by atoms with van der Waals surface area (Å²) in [6.45, 7) is 0.375. The van der Waals surface area contributed by atoms with E-state index >= 15 is 0 Å². The molecule has 8 heteroatoms. The van der Waals surface area contributed by atoms with Crippen molar-refractivity contribution in [3.05, 3.63) is 45.9 Å². The summed E-state index contributed by atoms with van der Waals surface area (Å²) in [7, 11) is -2.56. The summed E-state index contributed by atoms with van der Waals surface area (Å²) >= 11 is 9.58. The average Bonchev–Trinajstić information content (AvgIpc) is 2.45. The Kier molecular flexibility index (Phi) is 6.10. The molecule has 0 bridgehead atoms. The van der Waals surface area contributed by atoms with Crippen LogP contribution >= 0.6 is 27.5 Å². The first-order valence-corrected chi connectivity index (χ1v) is 8.56. The maximum atomic E-state index is 10.5. The lowest BCUT2D eigenvalue weighted by Crippen LogP contribution is -2.13. The van der Waals surface area contributed by atoms with Gasteiger partial charge in [-0.15, -0.1) is 0 Å². The second kappa shape index (κ2) is 7.84. The van der Waals surface area contributed by atoms with Crippen LogP contribution in [0, 0.1) is 0 Å². The molecule has 0 saturated carbocycles. The molecule has 0 fully saturated rings. The van der Waals surface area contributed by atoms with Gasteiger partial charge >= 0.3 is 0 Å². The molecule has 0 aliphatic carbocycles. The van der Waals surface area contributed by atoms with Crippen molar-refractivity contribution in [3.63, 3.8) is 0 Å². The predicted molar refractivity (Wildman–Crippen MR) is 86.8 cm³/mol. The molecule has 0 aliphatic rings. The summed E-state index contributed by atoms with van der Waals surface area (Å²) in [4.78, 5) is 8.29. The molecule has 21 heavy (non-hydrogen) atoms. The summed E-state index contributed by atoms with van der Waals surface area (Å²) in [6.07, 6.45) is 2.67. The third kappa shape index (κ3) is 4.74. The number of aromatic nitrogens is 2. The Balaban J connectivity index is 2.21. The Bertz CT molecular complexity index is 684. The number of hydrogen-bond donors (Lipinski definition) is 2. The van der Waals surface area contributed by atoms with Crippen molar-refractivity contribution in [1.82, 2.24) is 14.7 Å². The van der Waals surface area contributed by atoms with Crippen LogP contribution in [0.15, 0.2) is 35.1 Å². The zero-order valence-corrected chi connectivity index (χ0v) is 14.2. The van der Waals surface area contributed by atoms with E-state index in [1.165, 1.54) is 6.33 Å². The zero-order chi connectivity index (χ0) is 15.2. The highest BCUT2D eigenvalue weighted by molar-refractivity contribution is 9.10. The lowest BCUT2D eigenvalue weighted by molar-refractivity contribution is 0.598. The molecule has 0 unspecified atom stereocenters. The Hall–Kier alpha value is -1.02. The lowest BCUT2D eigenvalue weighted by atomic mass is 10.0. The highest BCUT2D eigenvalue weighted by Crippen LogP contribution is 2.30. The normalized spacial score (nSPS) is 11.0. The van der Waals surface area contributed by atoms with Gasteiger partial charge in [-0.05, 0) is 30.5 Å². The van der Waals surface area contributed by atoms with Gasteiger partial charge < -0.3 is 0 Å². The van der Waals surface area contributed by atoms with E-state index in [-0.39, 0.29) is 0 Å². The first-order valence-electron chi connectivity index (χ1n) is 6.21. The van der Waals surface area contributed by atoms with E-state index in [0.29, 0.717) is 24.5 Å². The summed E-state index contributed by atoms with van der Waals surface area (Å²) < 4.78 is 24.3. The Labute approximate surface area is 138 Å². The average molecular weight is 391 g/mol. The van der Waals surface area contributed by atoms with Crippen LogP contribution in [0.3, 0.4) is 0 Å². The largest absolute Gasteiger partial charge is 0.241 e. The molecular formula is C13H13BrClN3O2S. The van der Waals surface area contributed by atoms with Crippen molar-refractivity contribution in [2.75, 3.05) is 6.54 Å². The number of benzene rings is 1. The van der Waals surface area contributed by atoms with Crippen LogP contribution in [0.5, 0.6) is 0 Å². The summed E-state index contributed by atoms with van der Waals surface area (Å²) in [5.41, 5.74) is 2.53. The quantitative estimate of drug-likeness (QED) is 0.452. The van der Waals surface area contributed by atoms with Gasteiger partial charge in [0.05, 0.1) is 5.69 Å². The van der Waals surface area contributed by atoms with Crippen LogP contribution in [0.1, 0.15) is 12.1 Å². The van der Waals surface area contributed by atoms with E-state index in [1.807, 2.05) is 24.3 Å². The fraction of sp³-hybridized carbons (Fsp3) is 0.231. The minimum atomic E-state index is -2.56. The Morgan fingerprint density at radius 3 is 2.57 bits per heavy atom. The number of nitrogens with one attached hydrogen (secondary N) is 1. The molecule has 0 amide bonds. The van der Waals surface area contributed by atoms with Gasteiger partial charge in [-0.25, -0.2) is 23.1 Å². The molecule has 0 radical (unpaired) electrons. The van der Waals surface area contributed by atoms with Crippen LogP contribution in [0.2, 0.25) is 5.15 Å². The third-order valence-electron chi connectivity index (χ3n) is 2.84. The van der Waals surface area contributed by atoms with E-state index < -0.39 is 10.9 Å². The number of aryl methyl sites for hydroxylation is 1. The van der Waals surface area contributed by atoms with Crippen LogP contribution in [-0.2, 0) is 17.3 Å². The molecule has 112 valence electrons. The highest BCUT2D eigenvalue weighted by atomic mass is 79.9. The van der Waals surface area contributed by atoms with Crippen molar-refractivity contribution in [2.24, 2.45) is 0 Å². The number of rotatable bonds is 6. The van der Waals surface area contributed by atoms with Crippen LogP contribution in [0.25, 0.3) is 11.1 Å². The molecule has 0 atom stereocenters. The standard InChI is InChI=1S/C13H13BrClN3O2S/c14-10-5-3-9(4-6-10)12-11(16-8-17-13(12)15)2-1-7-18-21(19)20/h3-6,8,21H,1-2,7H2,(H,18,19,20). The zero-order valence-electron chi connectivity index (χ0n) is 10.9.